The van der Waals surface area contributed by atoms with Gasteiger partial charge in [0.1, 0.15) is 22.8 Å². The molecule has 3 aliphatic rings. The summed E-state index contributed by atoms with van der Waals surface area (Å²) in [5.41, 5.74) is 2.94. The number of phenolic OH excluding ortho intramolecular Hbond substituents is 1. The van der Waals surface area contributed by atoms with E-state index in [9.17, 15) is 39.6 Å². The fourth-order valence-corrected chi connectivity index (χ4v) is 5.61. The van der Waals surface area contributed by atoms with Gasteiger partial charge in [0.25, 0.3) is 5.91 Å². The van der Waals surface area contributed by atoms with Gasteiger partial charge < -0.3 is 47.7 Å². The number of Topliss-reactive ketones (excluding diaryl/α,β-unsaturated/α-hetero) is 2. The summed E-state index contributed by atoms with van der Waals surface area (Å²) in [6, 6.07) is 1.67. The average molecular weight is 586 g/mol. The molecule has 3 atom stereocenters. The number of nitrogens with two attached hydrogens (primary N) is 1. The summed E-state index contributed by atoms with van der Waals surface area (Å²) in [7, 11) is 3.52. The Morgan fingerprint density at radius 2 is 1.89 bits per heavy atom. The van der Waals surface area contributed by atoms with E-state index in [2.05, 4.69) is 6.92 Å². The number of hydrogen-bond donors (Lipinski definition) is 5. The molecular formula is C25H27N3O8Y-2. The molecule has 1 fully saturated rings. The van der Waals surface area contributed by atoms with E-state index in [4.69, 9.17) is 5.73 Å². The van der Waals surface area contributed by atoms with Crippen molar-refractivity contribution in [2.45, 2.75) is 31.4 Å². The quantitative estimate of drug-likeness (QED) is 0.177. The molecule has 3 aliphatic carbocycles. The predicted octanol–water partition coefficient (Wildman–Crippen LogP) is 0.191. The molecule has 0 aliphatic heterocycles. The Hall–Kier alpha value is -2.76. The maximum Gasteiger partial charge on any atom is 0.255 e. The van der Waals surface area contributed by atoms with Crippen molar-refractivity contribution in [2.24, 2.45) is 17.6 Å². The summed E-state index contributed by atoms with van der Waals surface area (Å²) < 4.78 is 0. The number of aromatic hydroxyl groups is 1. The molecule has 6 N–H and O–H groups in total. The number of carbonyl (C=O) groups excluding carboxylic acids is 4. The number of benzene rings is 1. The van der Waals surface area contributed by atoms with Gasteiger partial charge in [0.05, 0.1) is 5.56 Å². The maximum atomic E-state index is 13.6. The number of ketones is 2. The van der Waals surface area contributed by atoms with Crippen molar-refractivity contribution in [3.8, 4) is 5.75 Å². The molecule has 37 heavy (non-hydrogen) atoms. The van der Waals surface area contributed by atoms with Crippen LogP contribution in [0.4, 0.5) is 5.69 Å². The minimum Gasteiger partial charge on any atom is -0.538 e. The molecule has 2 unspecified atom stereocenters. The molecule has 0 heterocycles. The Bertz CT molecular complexity index is 1270. The fourth-order valence-electron chi connectivity index (χ4n) is 5.61. The molecule has 1 aromatic carbocycles. The molecule has 1 radical (unpaired) electrons. The number of nitrogens with zero attached hydrogens (tertiary/aromatic N) is 2. The number of aliphatic hydroxyl groups is 3. The third-order valence-corrected chi connectivity index (χ3v) is 7.36. The number of phenols is 1. The zero-order chi connectivity index (χ0) is 26.7. The fraction of sp³-hybridized carbons (Fsp3) is 0.400. The number of carbonyl (C=O) groups is 3. The predicted molar refractivity (Wildman–Crippen MR) is 127 cm³/mol. The van der Waals surface area contributed by atoms with Gasteiger partial charge in [-0.1, -0.05) is 0 Å². The topological polar surface area (TPSA) is 182 Å². The van der Waals surface area contributed by atoms with E-state index in [1.165, 1.54) is 4.90 Å². The zero-order valence-corrected chi connectivity index (χ0v) is 23.3. The van der Waals surface area contributed by atoms with Crippen LogP contribution in [0.2, 0.25) is 0 Å². The maximum absolute atomic E-state index is 13.6. The SMILES string of the molecule is [CH2-]CN([C-]=O)Cc1cc(N(C)C)c2c(c1O)C(O)=C1C(=O)[C@]3(O)C(O)=C(C(N)=O)C(=O)CC3CC1C2.[Y]. The van der Waals surface area contributed by atoms with Crippen LogP contribution < -0.4 is 10.6 Å². The minimum absolute atomic E-state index is 0. The number of aliphatic hydroxyl groups excluding tert-OH is 2. The Labute approximate surface area is 238 Å². The molecule has 4 rings (SSSR count). The van der Waals surface area contributed by atoms with Gasteiger partial charge >= 0.3 is 0 Å². The standard InChI is InChI=1S/C25H27N3O8.Y/c1-4-28(10-29)9-12-7-15(27(2)3)14-6-11-5-13-8-16(30)19(24(26)35)23(34)25(13,36)22(33)17(11)21(32)18(14)20(12)31;/h7,11,13,31-32,34,36H,1,4-6,8-9H2,2-3H3,(H2,26,35);/q-2;/t11?,13?,25-;/m0./s1. The first-order valence-corrected chi connectivity index (χ1v) is 11.3. The summed E-state index contributed by atoms with van der Waals surface area (Å²) in [5.74, 6) is -6.83. The molecule has 12 heteroatoms. The first-order chi connectivity index (χ1) is 16.9. The minimum atomic E-state index is -2.62. The molecule has 195 valence electrons. The van der Waals surface area contributed by atoms with Gasteiger partial charge in [-0.05, 0) is 30.4 Å². The van der Waals surface area contributed by atoms with Gasteiger partial charge in [-0.3, -0.25) is 14.4 Å². The largest absolute Gasteiger partial charge is 0.538 e. The van der Waals surface area contributed by atoms with Crippen LogP contribution in [0.5, 0.6) is 5.75 Å². The zero-order valence-electron chi connectivity index (χ0n) is 20.4. The van der Waals surface area contributed by atoms with E-state index < -0.39 is 52.0 Å². The average Bonchev–Trinajstić information content (AvgIpc) is 2.80. The summed E-state index contributed by atoms with van der Waals surface area (Å²) in [5, 5.41) is 44.4. The third-order valence-electron chi connectivity index (χ3n) is 7.36. The van der Waals surface area contributed by atoms with Gasteiger partial charge in [-0.15, -0.1) is 6.54 Å². The second-order valence-electron chi connectivity index (χ2n) is 9.57. The van der Waals surface area contributed by atoms with E-state index in [-0.39, 0.29) is 87.5 Å². The van der Waals surface area contributed by atoms with Crippen molar-refractivity contribution < 1.29 is 72.3 Å². The van der Waals surface area contributed by atoms with Crippen molar-refractivity contribution in [2.75, 3.05) is 25.5 Å². The van der Waals surface area contributed by atoms with Crippen molar-refractivity contribution in [3.05, 3.63) is 46.6 Å². The van der Waals surface area contributed by atoms with Crippen LogP contribution in [0.15, 0.2) is 23.0 Å². The van der Waals surface area contributed by atoms with Crippen LogP contribution >= 0.6 is 0 Å². The van der Waals surface area contributed by atoms with E-state index >= 15 is 0 Å². The number of anilines is 1. The molecule has 0 spiro atoms. The smallest absolute Gasteiger partial charge is 0.255 e. The van der Waals surface area contributed by atoms with Crippen LogP contribution in [-0.2, 0) is 64.9 Å². The molecule has 0 bridgehead atoms. The number of amides is 2. The normalized spacial score (nSPS) is 24.5. The van der Waals surface area contributed by atoms with Gasteiger partial charge in [0.2, 0.25) is 5.78 Å². The Balaban J connectivity index is 0.00000380. The van der Waals surface area contributed by atoms with Crippen LogP contribution in [0, 0.1) is 18.8 Å². The number of rotatable bonds is 6. The number of fused-ring (bicyclic) bond motifs is 3. The Morgan fingerprint density at radius 3 is 2.43 bits per heavy atom. The molecule has 2 amide bonds. The first-order valence-electron chi connectivity index (χ1n) is 11.3. The van der Waals surface area contributed by atoms with Crippen LogP contribution in [-0.4, -0.2) is 75.5 Å². The second kappa shape index (κ2) is 10.2. The van der Waals surface area contributed by atoms with Crippen molar-refractivity contribution >= 4 is 35.3 Å². The molecule has 0 saturated heterocycles. The van der Waals surface area contributed by atoms with Crippen molar-refractivity contribution in [1.29, 1.82) is 0 Å². The van der Waals surface area contributed by atoms with E-state index in [0.29, 0.717) is 11.3 Å². The van der Waals surface area contributed by atoms with E-state index in [0.717, 1.165) is 0 Å². The summed E-state index contributed by atoms with van der Waals surface area (Å²) in [6.45, 7) is 3.65. The Kier molecular flexibility index (Phi) is 7.93. The summed E-state index contributed by atoms with van der Waals surface area (Å²) in [4.78, 5) is 52.0. The van der Waals surface area contributed by atoms with Crippen molar-refractivity contribution in [3.63, 3.8) is 0 Å². The van der Waals surface area contributed by atoms with Crippen molar-refractivity contribution in [1.82, 2.24) is 4.90 Å². The monoisotopic (exact) mass is 586 g/mol. The van der Waals surface area contributed by atoms with Gasteiger partial charge in [0.15, 0.2) is 11.4 Å². The number of primary amides is 1. The summed E-state index contributed by atoms with van der Waals surface area (Å²) >= 11 is 0. The third kappa shape index (κ3) is 4.26. The molecule has 11 nitrogen and oxygen atoms in total. The van der Waals surface area contributed by atoms with Crippen LogP contribution in [0.1, 0.15) is 29.5 Å². The van der Waals surface area contributed by atoms with Gasteiger partial charge in [0, 0.05) is 82.5 Å². The van der Waals surface area contributed by atoms with Gasteiger partial charge in [-0.2, -0.15) is 6.41 Å². The van der Waals surface area contributed by atoms with Gasteiger partial charge in [-0.25, -0.2) is 0 Å². The van der Waals surface area contributed by atoms with Crippen LogP contribution in [0.25, 0.3) is 5.76 Å². The number of hydrogen-bond acceptors (Lipinski definition) is 9. The molecule has 0 aromatic heterocycles. The molecule has 1 aromatic rings. The first kappa shape index (κ1) is 28.8. The molecule has 1 saturated carbocycles. The van der Waals surface area contributed by atoms with E-state index in [1.54, 1.807) is 31.5 Å². The van der Waals surface area contributed by atoms with Crippen LogP contribution in [0.3, 0.4) is 0 Å². The Morgan fingerprint density at radius 1 is 1.24 bits per heavy atom. The second-order valence-corrected chi connectivity index (χ2v) is 9.57. The summed E-state index contributed by atoms with van der Waals surface area (Å²) in [6.07, 6.45) is 1.57. The molecular weight excluding hydrogens is 559 g/mol. The van der Waals surface area contributed by atoms with E-state index in [1.807, 2.05) is 0 Å².